The highest BCUT2D eigenvalue weighted by atomic mass is 32.2. The Hall–Kier alpha value is -3.33. The average molecular weight is 454 g/mol. The van der Waals surface area contributed by atoms with Gasteiger partial charge in [-0.15, -0.1) is 10.2 Å². The molecule has 9 heteroatoms. The van der Waals surface area contributed by atoms with Crippen LogP contribution in [-0.2, 0) is 4.79 Å². The van der Waals surface area contributed by atoms with E-state index in [-0.39, 0.29) is 17.6 Å². The number of aromatic nitrogens is 3. The highest BCUT2D eigenvalue weighted by Crippen LogP contribution is 2.24. The lowest BCUT2D eigenvalue weighted by molar-refractivity contribution is -0.118. The molecular weight excluding hydrogens is 426 g/mol. The van der Waals surface area contributed by atoms with Crippen LogP contribution in [0.3, 0.4) is 0 Å². The van der Waals surface area contributed by atoms with Gasteiger partial charge in [0, 0.05) is 18.7 Å². The largest absolute Gasteiger partial charge is 0.497 e. The van der Waals surface area contributed by atoms with Crippen LogP contribution in [0.15, 0.2) is 47.6 Å². The first-order chi connectivity index (χ1) is 15.4. The molecule has 1 heterocycles. The minimum absolute atomic E-state index is 0.137. The van der Waals surface area contributed by atoms with Crippen LogP contribution in [0, 0.1) is 20.8 Å². The minimum atomic E-state index is -0.201. The lowest BCUT2D eigenvalue weighted by atomic mass is 10.1. The van der Waals surface area contributed by atoms with Gasteiger partial charge in [-0.25, -0.2) is 0 Å². The maximum Gasteiger partial charge on any atom is 0.251 e. The van der Waals surface area contributed by atoms with Crippen molar-refractivity contribution in [2.75, 3.05) is 26.0 Å². The predicted molar refractivity (Wildman–Crippen MR) is 125 cm³/mol. The number of nitrogens with one attached hydrogen (secondary N) is 2. The normalized spacial score (nSPS) is 10.6. The maximum absolute atomic E-state index is 12.3. The summed E-state index contributed by atoms with van der Waals surface area (Å²) in [6.45, 7) is 6.64. The number of nitrogens with zero attached hydrogens (tertiary/aromatic N) is 3. The van der Waals surface area contributed by atoms with E-state index < -0.39 is 0 Å². The average Bonchev–Trinajstić information content (AvgIpc) is 3.16. The van der Waals surface area contributed by atoms with E-state index in [1.807, 2.05) is 25.3 Å². The van der Waals surface area contributed by atoms with Crippen LogP contribution in [0.2, 0.25) is 0 Å². The Kier molecular flexibility index (Phi) is 7.88. The summed E-state index contributed by atoms with van der Waals surface area (Å²) in [5.41, 5.74) is 3.80. The standard InChI is InChI=1S/C23H27N5O3S/c1-15-5-6-16(2)20(13-15)28-17(3)26-27-23(28)32-14-21(29)24-11-12-25-22(30)18-7-9-19(31-4)10-8-18/h5-10,13H,11-12,14H2,1-4H3,(H,24,29)(H,25,30). The van der Waals surface area contributed by atoms with Gasteiger partial charge in [-0.2, -0.15) is 0 Å². The van der Waals surface area contributed by atoms with Gasteiger partial charge < -0.3 is 15.4 Å². The number of carbonyl (C=O) groups excluding carboxylic acids is 2. The summed E-state index contributed by atoms with van der Waals surface area (Å²) in [5, 5.41) is 14.7. The van der Waals surface area contributed by atoms with E-state index in [9.17, 15) is 9.59 Å². The Morgan fingerprint density at radius 2 is 1.72 bits per heavy atom. The van der Waals surface area contributed by atoms with Gasteiger partial charge in [0.2, 0.25) is 5.91 Å². The molecule has 0 fully saturated rings. The Morgan fingerprint density at radius 3 is 2.44 bits per heavy atom. The molecular formula is C23H27N5O3S. The number of benzene rings is 2. The number of hydrogen-bond acceptors (Lipinski definition) is 6. The number of ether oxygens (including phenoxy) is 1. The van der Waals surface area contributed by atoms with Crippen molar-refractivity contribution < 1.29 is 14.3 Å². The van der Waals surface area contributed by atoms with Crippen LogP contribution in [0.4, 0.5) is 0 Å². The van der Waals surface area contributed by atoms with Gasteiger partial charge in [-0.05, 0) is 62.2 Å². The molecule has 0 aliphatic heterocycles. The molecule has 0 bridgehead atoms. The monoisotopic (exact) mass is 453 g/mol. The first-order valence-electron chi connectivity index (χ1n) is 10.2. The van der Waals surface area contributed by atoms with Gasteiger partial charge in [-0.3, -0.25) is 14.2 Å². The van der Waals surface area contributed by atoms with E-state index in [1.54, 1.807) is 31.4 Å². The van der Waals surface area contributed by atoms with Gasteiger partial charge in [0.05, 0.1) is 18.6 Å². The van der Waals surface area contributed by atoms with Crippen molar-refractivity contribution in [3.8, 4) is 11.4 Å². The van der Waals surface area contributed by atoms with Crippen molar-refractivity contribution in [1.82, 2.24) is 25.4 Å². The second-order valence-electron chi connectivity index (χ2n) is 7.28. The molecule has 0 saturated heterocycles. The van der Waals surface area contributed by atoms with Crippen LogP contribution < -0.4 is 15.4 Å². The molecule has 168 valence electrons. The summed E-state index contributed by atoms with van der Waals surface area (Å²) in [6.07, 6.45) is 0. The summed E-state index contributed by atoms with van der Waals surface area (Å²) < 4.78 is 7.05. The quantitative estimate of drug-likeness (QED) is 0.382. The molecule has 0 atom stereocenters. The summed E-state index contributed by atoms with van der Waals surface area (Å²) in [7, 11) is 1.57. The molecule has 0 unspecified atom stereocenters. The molecule has 0 saturated carbocycles. The third kappa shape index (κ3) is 5.88. The van der Waals surface area contributed by atoms with Crippen molar-refractivity contribution >= 4 is 23.6 Å². The Balaban J connectivity index is 1.47. The van der Waals surface area contributed by atoms with Gasteiger partial charge in [0.1, 0.15) is 11.6 Å². The summed E-state index contributed by atoms with van der Waals surface area (Å²) in [4.78, 5) is 24.4. The van der Waals surface area contributed by atoms with Gasteiger partial charge in [-0.1, -0.05) is 23.9 Å². The van der Waals surface area contributed by atoms with Crippen molar-refractivity contribution in [2.45, 2.75) is 25.9 Å². The molecule has 32 heavy (non-hydrogen) atoms. The first kappa shape index (κ1) is 23.3. The number of hydrogen-bond donors (Lipinski definition) is 2. The molecule has 0 aliphatic carbocycles. The Bertz CT molecular complexity index is 1100. The van der Waals surface area contributed by atoms with Crippen LogP contribution >= 0.6 is 11.8 Å². The lowest BCUT2D eigenvalue weighted by Gasteiger charge is -2.12. The molecule has 0 spiro atoms. The number of rotatable bonds is 9. The van der Waals surface area contributed by atoms with Gasteiger partial charge >= 0.3 is 0 Å². The third-order valence-electron chi connectivity index (χ3n) is 4.82. The van der Waals surface area contributed by atoms with E-state index in [0.717, 1.165) is 22.6 Å². The van der Waals surface area contributed by atoms with E-state index in [4.69, 9.17) is 4.74 Å². The number of aryl methyl sites for hydroxylation is 3. The molecule has 3 rings (SSSR count). The van der Waals surface area contributed by atoms with Crippen LogP contribution in [0.1, 0.15) is 27.3 Å². The van der Waals surface area contributed by atoms with Crippen LogP contribution in [-0.4, -0.2) is 52.5 Å². The predicted octanol–water partition coefficient (Wildman–Crippen LogP) is 2.84. The summed E-state index contributed by atoms with van der Waals surface area (Å²) in [5.74, 6) is 1.32. The van der Waals surface area contributed by atoms with Crippen LogP contribution in [0.5, 0.6) is 5.75 Å². The van der Waals surface area contributed by atoms with Crippen molar-refractivity contribution in [3.63, 3.8) is 0 Å². The second kappa shape index (κ2) is 10.8. The summed E-state index contributed by atoms with van der Waals surface area (Å²) in [6, 6.07) is 13.0. The zero-order valence-electron chi connectivity index (χ0n) is 18.6. The van der Waals surface area contributed by atoms with Crippen molar-refractivity contribution in [3.05, 3.63) is 65.0 Å². The zero-order valence-corrected chi connectivity index (χ0v) is 19.5. The van der Waals surface area contributed by atoms with Gasteiger partial charge in [0.25, 0.3) is 5.91 Å². The smallest absolute Gasteiger partial charge is 0.251 e. The topological polar surface area (TPSA) is 98.1 Å². The fourth-order valence-corrected chi connectivity index (χ4v) is 3.90. The third-order valence-corrected chi connectivity index (χ3v) is 5.75. The molecule has 3 aromatic rings. The molecule has 2 N–H and O–H groups in total. The highest BCUT2D eigenvalue weighted by molar-refractivity contribution is 7.99. The maximum atomic E-state index is 12.3. The molecule has 2 amide bonds. The van der Waals surface area contributed by atoms with E-state index in [0.29, 0.717) is 29.6 Å². The van der Waals surface area contributed by atoms with Crippen molar-refractivity contribution in [2.24, 2.45) is 0 Å². The number of carbonyl (C=O) groups is 2. The molecule has 8 nitrogen and oxygen atoms in total. The lowest BCUT2D eigenvalue weighted by Crippen LogP contribution is -2.35. The number of methoxy groups -OCH3 is 1. The fourth-order valence-electron chi connectivity index (χ4n) is 3.08. The molecule has 0 radical (unpaired) electrons. The van der Waals surface area contributed by atoms with Crippen molar-refractivity contribution in [1.29, 1.82) is 0 Å². The van der Waals surface area contributed by atoms with E-state index >= 15 is 0 Å². The SMILES string of the molecule is COc1ccc(C(=O)NCCNC(=O)CSc2nnc(C)n2-c2cc(C)ccc2C)cc1. The number of amides is 2. The molecule has 1 aromatic heterocycles. The van der Waals surface area contributed by atoms with E-state index in [2.05, 4.69) is 39.0 Å². The highest BCUT2D eigenvalue weighted by Gasteiger charge is 2.15. The summed E-state index contributed by atoms with van der Waals surface area (Å²) >= 11 is 1.33. The molecule has 2 aromatic carbocycles. The fraction of sp³-hybridized carbons (Fsp3) is 0.304. The molecule has 0 aliphatic rings. The Morgan fingerprint density at radius 1 is 1.00 bits per heavy atom. The second-order valence-corrected chi connectivity index (χ2v) is 8.22. The number of thioether (sulfide) groups is 1. The first-order valence-corrected chi connectivity index (χ1v) is 11.2. The van der Waals surface area contributed by atoms with E-state index in [1.165, 1.54) is 11.8 Å². The van der Waals surface area contributed by atoms with Gasteiger partial charge in [0.15, 0.2) is 5.16 Å². The minimum Gasteiger partial charge on any atom is -0.497 e. The van der Waals surface area contributed by atoms with Crippen LogP contribution in [0.25, 0.3) is 5.69 Å². The zero-order chi connectivity index (χ0) is 23.1. The Labute approximate surface area is 191 Å².